The lowest BCUT2D eigenvalue weighted by Gasteiger charge is -2.14. The first kappa shape index (κ1) is 28.5. The average molecular weight is 578 g/mol. The predicted octanol–water partition coefficient (Wildman–Crippen LogP) is 6.87. The fraction of sp³-hybridized carbons (Fsp3) is 0.100. The highest BCUT2D eigenvalue weighted by molar-refractivity contribution is 6.35. The third kappa shape index (κ3) is 7.53. The van der Waals surface area contributed by atoms with Gasteiger partial charge in [0.05, 0.1) is 19.1 Å². The predicted molar refractivity (Wildman–Crippen MR) is 158 cm³/mol. The molecule has 0 aliphatic carbocycles. The molecule has 1 amide bonds. The Hall–Kier alpha value is -4.53. The molecule has 4 rings (SSSR count). The highest BCUT2D eigenvalue weighted by Crippen LogP contribution is 2.28. The molecule has 0 radical (unpaired) electrons. The van der Waals surface area contributed by atoms with Crippen molar-refractivity contribution in [1.29, 1.82) is 5.41 Å². The van der Waals surface area contributed by atoms with Crippen molar-refractivity contribution < 1.29 is 24.2 Å². The standard InChI is InChI=1S/C30H25Cl2N3O5/c1-39-26-9-6-19-12-21(3-2-20(19)13-26)27(17-35-24-15-22(31)14-23(32)16-24)29(33)40-25-7-4-18(5-8-25)30(38)34-11-10-28(36)37/h2-9,12-17,33,35H,10-11H2,1H3,(H,34,38)(H,36,37)/b27-17-,33-29?. The number of aliphatic carboxylic acids is 1. The number of carbonyl (C=O) groups excluding carboxylic acids is 1. The van der Waals surface area contributed by atoms with E-state index in [1.807, 2.05) is 36.4 Å². The minimum Gasteiger partial charge on any atom is -0.497 e. The van der Waals surface area contributed by atoms with Gasteiger partial charge >= 0.3 is 5.97 Å². The number of ether oxygens (including phenoxy) is 2. The van der Waals surface area contributed by atoms with E-state index in [1.54, 1.807) is 43.6 Å². The largest absolute Gasteiger partial charge is 0.497 e. The fourth-order valence-electron chi connectivity index (χ4n) is 3.82. The molecule has 0 heterocycles. The van der Waals surface area contributed by atoms with Crippen molar-refractivity contribution in [2.45, 2.75) is 6.42 Å². The molecule has 0 saturated heterocycles. The number of carbonyl (C=O) groups is 2. The summed E-state index contributed by atoms with van der Waals surface area (Å²) in [4.78, 5) is 22.9. The quantitative estimate of drug-likeness (QED) is 0.120. The van der Waals surface area contributed by atoms with E-state index in [1.165, 1.54) is 12.1 Å². The van der Waals surface area contributed by atoms with Crippen LogP contribution in [0.2, 0.25) is 10.0 Å². The Bertz CT molecular complexity index is 1580. The molecule has 0 saturated carbocycles. The Kier molecular flexibility index (Phi) is 9.27. The third-order valence-electron chi connectivity index (χ3n) is 5.81. The van der Waals surface area contributed by atoms with Crippen molar-refractivity contribution >= 4 is 63.0 Å². The first-order valence-corrected chi connectivity index (χ1v) is 12.9. The monoisotopic (exact) mass is 577 g/mol. The van der Waals surface area contributed by atoms with E-state index in [0.29, 0.717) is 32.6 Å². The third-order valence-corrected chi connectivity index (χ3v) is 6.25. The lowest BCUT2D eigenvalue weighted by atomic mass is 10.0. The van der Waals surface area contributed by atoms with Gasteiger partial charge in [0.2, 0.25) is 5.90 Å². The van der Waals surface area contributed by atoms with Crippen molar-refractivity contribution in [2.75, 3.05) is 19.0 Å². The summed E-state index contributed by atoms with van der Waals surface area (Å²) in [6.45, 7) is 0.0224. The molecule has 0 aliphatic rings. The van der Waals surface area contributed by atoms with E-state index in [9.17, 15) is 9.59 Å². The first-order valence-electron chi connectivity index (χ1n) is 12.1. The van der Waals surface area contributed by atoms with E-state index >= 15 is 0 Å². The van der Waals surface area contributed by atoms with Crippen LogP contribution in [0.15, 0.2) is 85.1 Å². The highest BCUT2D eigenvalue weighted by atomic mass is 35.5. The summed E-state index contributed by atoms with van der Waals surface area (Å²) in [5.41, 5.74) is 2.14. The van der Waals surface area contributed by atoms with Gasteiger partial charge in [-0.1, -0.05) is 41.4 Å². The number of methoxy groups -OCH3 is 1. The Morgan fingerprint density at radius 2 is 1.50 bits per heavy atom. The number of rotatable bonds is 10. The number of amides is 1. The van der Waals surface area contributed by atoms with Crippen LogP contribution in [0.3, 0.4) is 0 Å². The fourth-order valence-corrected chi connectivity index (χ4v) is 4.35. The minimum absolute atomic E-state index is 0.0224. The molecular weight excluding hydrogens is 553 g/mol. The van der Waals surface area contributed by atoms with Crippen LogP contribution in [-0.4, -0.2) is 36.5 Å². The molecule has 4 aromatic carbocycles. The first-order chi connectivity index (χ1) is 19.2. The van der Waals surface area contributed by atoms with E-state index in [0.717, 1.165) is 22.1 Å². The van der Waals surface area contributed by atoms with E-state index in [4.69, 9.17) is 43.2 Å². The van der Waals surface area contributed by atoms with Gasteiger partial charge in [0.1, 0.15) is 11.5 Å². The van der Waals surface area contributed by atoms with Crippen LogP contribution in [0.4, 0.5) is 5.69 Å². The van der Waals surface area contributed by atoms with Gasteiger partial charge in [-0.2, -0.15) is 0 Å². The van der Waals surface area contributed by atoms with E-state index in [-0.39, 0.29) is 18.9 Å². The molecule has 4 N–H and O–H groups in total. The maximum atomic E-state index is 12.2. The van der Waals surface area contributed by atoms with Crippen molar-refractivity contribution in [3.63, 3.8) is 0 Å². The number of benzene rings is 4. The molecule has 0 unspecified atom stereocenters. The van der Waals surface area contributed by atoms with Crippen LogP contribution in [0, 0.1) is 5.41 Å². The second-order valence-electron chi connectivity index (χ2n) is 8.64. The molecule has 8 nitrogen and oxygen atoms in total. The maximum absolute atomic E-state index is 12.2. The molecule has 40 heavy (non-hydrogen) atoms. The smallest absolute Gasteiger partial charge is 0.305 e. The summed E-state index contributed by atoms with van der Waals surface area (Å²) in [5, 5.41) is 26.0. The average Bonchev–Trinajstić information content (AvgIpc) is 2.92. The normalized spacial score (nSPS) is 11.1. The van der Waals surface area contributed by atoms with Gasteiger partial charge in [0, 0.05) is 34.0 Å². The summed E-state index contributed by atoms with van der Waals surface area (Å²) >= 11 is 12.3. The SMILES string of the molecule is COc1ccc2cc(/C(=C/Nc3cc(Cl)cc(Cl)c3)C(=N)Oc3ccc(C(=O)NCCC(=O)O)cc3)ccc2c1. The lowest BCUT2D eigenvalue weighted by Crippen LogP contribution is -2.25. The van der Waals surface area contributed by atoms with Gasteiger partial charge < -0.3 is 25.2 Å². The zero-order chi connectivity index (χ0) is 28.6. The Morgan fingerprint density at radius 3 is 2.17 bits per heavy atom. The van der Waals surface area contributed by atoms with Crippen molar-refractivity contribution in [2.24, 2.45) is 0 Å². The maximum Gasteiger partial charge on any atom is 0.305 e. The molecule has 0 bridgehead atoms. The van der Waals surface area contributed by atoms with Gasteiger partial charge in [0.15, 0.2) is 0 Å². The molecule has 0 aliphatic heterocycles. The van der Waals surface area contributed by atoms with E-state index in [2.05, 4.69) is 10.6 Å². The Labute approximate surface area is 240 Å². The van der Waals surface area contributed by atoms with Gasteiger partial charge in [-0.05, 0) is 77.0 Å². The minimum atomic E-state index is -0.995. The number of hydrogen-bond donors (Lipinski definition) is 4. The number of carboxylic acids is 1. The van der Waals surface area contributed by atoms with E-state index < -0.39 is 11.9 Å². The topological polar surface area (TPSA) is 121 Å². The Morgan fingerprint density at radius 1 is 0.875 bits per heavy atom. The summed E-state index contributed by atoms with van der Waals surface area (Å²) in [7, 11) is 1.61. The summed E-state index contributed by atoms with van der Waals surface area (Å²) in [5.74, 6) is -0.460. The number of anilines is 1. The number of fused-ring (bicyclic) bond motifs is 1. The molecule has 0 atom stereocenters. The van der Waals surface area contributed by atoms with Gasteiger partial charge in [-0.25, -0.2) is 0 Å². The van der Waals surface area contributed by atoms with Crippen LogP contribution in [-0.2, 0) is 4.79 Å². The van der Waals surface area contributed by atoms with Crippen LogP contribution in [0.25, 0.3) is 16.3 Å². The van der Waals surface area contributed by atoms with Gasteiger partial charge in [-0.15, -0.1) is 0 Å². The number of hydrogen-bond acceptors (Lipinski definition) is 6. The molecule has 10 heteroatoms. The number of halogens is 2. The number of nitrogens with one attached hydrogen (secondary N) is 3. The van der Waals surface area contributed by atoms with Crippen molar-refractivity contribution in [1.82, 2.24) is 5.32 Å². The molecule has 0 fully saturated rings. The zero-order valence-corrected chi connectivity index (χ0v) is 22.8. The molecule has 0 aromatic heterocycles. The van der Waals surface area contributed by atoms with Crippen molar-refractivity contribution in [3.8, 4) is 11.5 Å². The molecule has 204 valence electrons. The summed E-state index contributed by atoms with van der Waals surface area (Å²) in [6, 6.07) is 22.7. The molecule has 4 aromatic rings. The Balaban J connectivity index is 1.59. The molecule has 0 spiro atoms. The lowest BCUT2D eigenvalue weighted by molar-refractivity contribution is -0.136. The molecular formula is C30H25Cl2N3O5. The number of carboxylic acid groups (broad SMARTS) is 1. The summed E-state index contributed by atoms with van der Waals surface area (Å²) in [6.07, 6.45) is 1.47. The van der Waals surface area contributed by atoms with Crippen LogP contribution in [0.5, 0.6) is 11.5 Å². The van der Waals surface area contributed by atoms with Crippen LogP contribution >= 0.6 is 23.2 Å². The van der Waals surface area contributed by atoms with Gasteiger partial charge in [-0.3, -0.25) is 15.0 Å². The van der Waals surface area contributed by atoms with Crippen molar-refractivity contribution in [3.05, 3.63) is 106 Å². The van der Waals surface area contributed by atoms with Crippen LogP contribution in [0.1, 0.15) is 22.3 Å². The second-order valence-corrected chi connectivity index (χ2v) is 9.52. The highest BCUT2D eigenvalue weighted by Gasteiger charge is 2.14. The summed E-state index contributed by atoms with van der Waals surface area (Å²) < 4.78 is 11.2. The van der Waals surface area contributed by atoms with Gasteiger partial charge in [0.25, 0.3) is 5.91 Å². The second kappa shape index (κ2) is 13.0. The zero-order valence-electron chi connectivity index (χ0n) is 21.3. The van der Waals surface area contributed by atoms with Crippen LogP contribution < -0.4 is 20.1 Å².